The van der Waals surface area contributed by atoms with Gasteiger partial charge in [0.1, 0.15) is 0 Å². The van der Waals surface area contributed by atoms with Crippen molar-refractivity contribution >= 4 is 30.7 Å². The Morgan fingerprint density at radius 3 is 2.27 bits per heavy atom. The minimum atomic E-state index is 0. The van der Waals surface area contributed by atoms with Crippen molar-refractivity contribution in [2.75, 3.05) is 52.9 Å². The number of amides is 1. The average molecular weight is 453 g/mol. The van der Waals surface area contributed by atoms with Crippen molar-refractivity contribution in [1.82, 2.24) is 14.7 Å². The van der Waals surface area contributed by atoms with Gasteiger partial charge in [0.25, 0.3) is 5.91 Å². The molecule has 0 bridgehead atoms. The van der Waals surface area contributed by atoms with E-state index in [1.165, 1.54) is 11.1 Å². The molecule has 166 valence electrons. The number of nitrogens with two attached hydrogens (primary N) is 1. The van der Waals surface area contributed by atoms with E-state index in [9.17, 15) is 4.79 Å². The van der Waals surface area contributed by atoms with E-state index in [1.807, 2.05) is 41.3 Å². The summed E-state index contributed by atoms with van der Waals surface area (Å²) >= 11 is 0. The molecule has 1 saturated heterocycles. The number of carbonyl (C=O) groups is 1. The Labute approximate surface area is 193 Å². The van der Waals surface area contributed by atoms with Crippen LogP contribution in [-0.2, 0) is 13.0 Å². The van der Waals surface area contributed by atoms with Gasteiger partial charge in [-0.25, -0.2) is 0 Å². The lowest BCUT2D eigenvalue weighted by atomic mass is 10.1. The first-order chi connectivity index (χ1) is 13.7. The molecule has 0 unspecified atom stereocenters. The first-order valence-corrected chi connectivity index (χ1v) is 10.2. The smallest absolute Gasteiger partial charge is 0.253 e. The molecule has 5 nitrogen and oxygen atoms in total. The van der Waals surface area contributed by atoms with Gasteiger partial charge in [-0.2, -0.15) is 0 Å². The maximum absolute atomic E-state index is 13.1. The molecule has 0 spiro atoms. The summed E-state index contributed by atoms with van der Waals surface area (Å²) in [4.78, 5) is 19.8. The summed E-state index contributed by atoms with van der Waals surface area (Å²) in [5.74, 6) is 0.0709. The van der Waals surface area contributed by atoms with E-state index in [2.05, 4.69) is 35.0 Å². The van der Waals surface area contributed by atoms with Gasteiger partial charge < -0.3 is 15.5 Å². The molecule has 30 heavy (non-hydrogen) atoms. The maximum Gasteiger partial charge on any atom is 0.253 e. The highest BCUT2D eigenvalue weighted by molar-refractivity contribution is 5.94. The Morgan fingerprint density at radius 2 is 1.60 bits per heavy atom. The second kappa shape index (κ2) is 13.6. The Morgan fingerprint density at radius 1 is 0.933 bits per heavy atom. The van der Waals surface area contributed by atoms with E-state index >= 15 is 0 Å². The van der Waals surface area contributed by atoms with Crippen LogP contribution in [0.4, 0.5) is 0 Å². The summed E-state index contributed by atoms with van der Waals surface area (Å²) in [5.41, 5.74) is 8.97. The topological polar surface area (TPSA) is 52.8 Å². The summed E-state index contributed by atoms with van der Waals surface area (Å²) < 4.78 is 0. The molecule has 2 aromatic carbocycles. The SMILES string of the molecule is CN1CCN(Cc2cccc(C(=O)N(CCN)CCc3ccccc3)c2)CC1.Cl.Cl. The van der Waals surface area contributed by atoms with Crippen LogP contribution in [0.5, 0.6) is 0 Å². The molecule has 1 heterocycles. The van der Waals surface area contributed by atoms with Crippen LogP contribution < -0.4 is 5.73 Å². The number of benzene rings is 2. The molecule has 1 fully saturated rings. The normalized spacial score (nSPS) is 14.5. The molecule has 1 aliphatic heterocycles. The minimum absolute atomic E-state index is 0. The molecule has 2 aromatic rings. The number of nitrogens with zero attached hydrogens (tertiary/aromatic N) is 3. The van der Waals surface area contributed by atoms with E-state index in [-0.39, 0.29) is 30.7 Å². The quantitative estimate of drug-likeness (QED) is 0.668. The first kappa shape index (κ1) is 26.4. The second-order valence-corrected chi connectivity index (χ2v) is 7.60. The molecule has 7 heteroatoms. The second-order valence-electron chi connectivity index (χ2n) is 7.60. The fourth-order valence-electron chi connectivity index (χ4n) is 3.63. The van der Waals surface area contributed by atoms with Crippen LogP contribution >= 0.6 is 24.8 Å². The van der Waals surface area contributed by atoms with Crippen molar-refractivity contribution in [3.05, 3.63) is 71.3 Å². The summed E-state index contributed by atoms with van der Waals surface area (Å²) in [6.07, 6.45) is 0.841. The molecule has 0 aliphatic carbocycles. The average Bonchev–Trinajstić information content (AvgIpc) is 2.73. The third-order valence-corrected chi connectivity index (χ3v) is 5.38. The largest absolute Gasteiger partial charge is 0.337 e. The molecule has 0 atom stereocenters. The number of carbonyl (C=O) groups excluding carboxylic acids is 1. The van der Waals surface area contributed by atoms with Gasteiger partial charge in [0.2, 0.25) is 0 Å². The van der Waals surface area contributed by atoms with Crippen LogP contribution in [0.3, 0.4) is 0 Å². The molecule has 3 rings (SSSR count). The van der Waals surface area contributed by atoms with Crippen LogP contribution in [0, 0.1) is 0 Å². The first-order valence-electron chi connectivity index (χ1n) is 10.2. The monoisotopic (exact) mass is 452 g/mol. The van der Waals surface area contributed by atoms with Gasteiger partial charge in [-0.05, 0) is 36.7 Å². The molecule has 2 N–H and O–H groups in total. The third-order valence-electron chi connectivity index (χ3n) is 5.38. The lowest BCUT2D eigenvalue weighted by Gasteiger charge is -2.32. The predicted molar refractivity (Wildman–Crippen MR) is 129 cm³/mol. The van der Waals surface area contributed by atoms with Crippen molar-refractivity contribution in [1.29, 1.82) is 0 Å². The van der Waals surface area contributed by atoms with Crippen molar-refractivity contribution in [2.45, 2.75) is 13.0 Å². The fourth-order valence-corrected chi connectivity index (χ4v) is 3.63. The molecule has 1 amide bonds. The van der Waals surface area contributed by atoms with Crippen molar-refractivity contribution in [3.8, 4) is 0 Å². The summed E-state index contributed by atoms with van der Waals surface area (Å²) in [6, 6.07) is 18.4. The number of rotatable bonds is 8. The highest BCUT2D eigenvalue weighted by Crippen LogP contribution is 2.13. The zero-order valence-corrected chi connectivity index (χ0v) is 19.3. The van der Waals surface area contributed by atoms with Crippen molar-refractivity contribution < 1.29 is 4.79 Å². The fraction of sp³-hybridized carbons (Fsp3) is 0.435. The van der Waals surface area contributed by atoms with Gasteiger partial charge in [0.05, 0.1) is 0 Å². The highest BCUT2D eigenvalue weighted by atomic mass is 35.5. The van der Waals surface area contributed by atoms with Crippen LogP contribution in [0.2, 0.25) is 0 Å². The van der Waals surface area contributed by atoms with Gasteiger partial charge >= 0.3 is 0 Å². The zero-order valence-electron chi connectivity index (χ0n) is 17.7. The molecular formula is C23H34Cl2N4O. The van der Waals surface area contributed by atoms with Gasteiger partial charge in [0.15, 0.2) is 0 Å². The standard InChI is InChI=1S/C23H32N4O.2ClH/c1-25-14-16-26(17-15-25)19-21-8-5-9-22(18-21)23(28)27(13-11-24)12-10-20-6-3-2-4-7-20;;/h2-9,18H,10-17,19,24H2,1H3;2*1H. The Bertz CT molecular complexity index is 752. The van der Waals surface area contributed by atoms with Gasteiger partial charge in [-0.15, -0.1) is 24.8 Å². The molecule has 0 radical (unpaired) electrons. The molecular weight excluding hydrogens is 419 g/mol. The van der Waals surface area contributed by atoms with Crippen molar-refractivity contribution in [3.63, 3.8) is 0 Å². The summed E-state index contributed by atoms with van der Waals surface area (Å²) in [5, 5.41) is 0. The van der Waals surface area contributed by atoms with Crippen LogP contribution in [0.15, 0.2) is 54.6 Å². The number of halogens is 2. The molecule has 0 aromatic heterocycles. The predicted octanol–water partition coefficient (Wildman–Crippen LogP) is 2.92. The van der Waals surface area contributed by atoms with Gasteiger partial charge in [0, 0.05) is 57.9 Å². The molecule has 1 aliphatic rings. The third kappa shape index (κ3) is 7.89. The van der Waals surface area contributed by atoms with Gasteiger partial charge in [-0.3, -0.25) is 9.69 Å². The summed E-state index contributed by atoms with van der Waals surface area (Å²) in [7, 11) is 2.16. The lowest BCUT2D eigenvalue weighted by Crippen LogP contribution is -2.43. The van der Waals surface area contributed by atoms with E-state index in [0.29, 0.717) is 19.6 Å². The van der Waals surface area contributed by atoms with E-state index in [1.54, 1.807) is 0 Å². The molecule has 0 saturated carbocycles. The number of likely N-dealkylation sites (N-methyl/N-ethyl adjacent to an activating group) is 1. The number of hydrogen-bond acceptors (Lipinski definition) is 4. The number of piperazine rings is 1. The highest BCUT2D eigenvalue weighted by Gasteiger charge is 2.17. The van der Waals surface area contributed by atoms with Gasteiger partial charge in [-0.1, -0.05) is 42.5 Å². The Kier molecular flexibility index (Phi) is 12.0. The Hall–Kier alpha value is -1.63. The zero-order chi connectivity index (χ0) is 19.8. The van der Waals surface area contributed by atoms with E-state index in [0.717, 1.165) is 44.7 Å². The maximum atomic E-state index is 13.1. The van der Waals surface area contributed by atoms with E-state index < -0.39 is 0 Å². The summed E-state index contributed by atoms with van der Waals surface area (Å²) in [6.45, 7) is 6.98. The van der Waals surface area contributed by atoms with Crippen LogP contribution in [-0.4, -0.2) is 73.5 Å². The van der Waals surface area contributed by atoms with Crippen LogP contribution in [0.25, 0.3) is 0 Å². The van der Waals surface area contributed by atoms with Crippen molar-refractivity contribution in [2.24, 2.45) is 5.73 Å². The minimum Gasteiger partial charge on any atom is -0.337 e. The Balaban J connectivity index is 0.00000225. The lowest BCUT2D eigenvalue weighted by molar-refractivity contribution is 0.0762. The van der Waals surface area contributed by atoms with Crippen LogP contribution in [0.1, 0.15) is 21.5 Å². The number of hydrogen-bond donors (Lipinski definition) is 1. The van der Waals surface area contributed by atoms with E-state index in [4.69, 9.17) is 5.73 Å².